The summed E-state index contributed by atoms with van der Waals surface area (Å²) in [6.07, 6.45) is 0.219. The summed E-state index contributed by atoms with van der Waals surface area (Å²) in [5, 5.41) is 2.75. The van der Waals surface area contributed by atoms with Gasteiger partial charge in [0.05, 0.1) is 20.1 Å². The number of carbonyl (C=O) groups is 2. The Hall–Kier alpha value is -2.82. The van der Waals surface area contributed by atoms with Gasteiger partial charge >= 0.3 is 0 Å². The van der Waals surface area contributed by atoms with E-state index in [2.05, 4.69) is 5.32 Å². The van der Waals surface area contributed by atoms with Crippen molar-refractivity contribution in [1.29, 1.82) is 0 Å². The predicted octanol–water partition coefficient (Wildman–Crippen LogP) is 3.31. The van der Waals surface area contributed by atoms with Crippen molar-refractivity contribution in [3.8, 4) is 11.5 Å². The molecule has 1 amide bonds. The fourth-order valence-electron chi connectivity index (χ4n) is 1.97. The van der Waals surface area contributed by atoms with Crippen molar-refractivity contribution in [2.75, 3.05) is 19.0 Å². The molecule has 5 nitrogen and oxygen atoms in total. The van der Waals surface area contributed by atoms with Gasteiger partial charge in [-0.1, -0.05) is 12.1 Å². The lowest BCUT2D eigenvalue weighted by Crippen LogP contribution is -2.15. The predicted molar refractivity (Wildman–Crippen MR) is 88.2 cm³/mol. The number of methoxy groups -OCH3 is 1. The summed E-state index contributed by atoms with van der Waals surface area (Å²) in [5.74, 6) is 1.22. The van der Waals surface area contributed by atoms with Crippen molar-refractivity contribution in [1.82, 2.24) is 0 Å². The van der Waals surface area contributed by atoms with Gasteiger partial charge in [-0.2, -0.15) is 0 Å². The normalized spacial score (nSPS) is 10.0. The van der Waals surface area contributed by atoms with E-state index in [-0.39, 0.29) is 24.7 Å². The molecule has 0 saturated heterocycles. The quantitative estimate of drug-likeness (QED) is 0.797. The highest BCUT2D eigenvalue weighted by atomic mass is 16.5. The van der Waals surface area contributed by atoms with Gasteiger partial charge in [0.1, 0.15) is 11.5 Å². The van der Waals surface area contributed by atoms with E-state index in [4.69, 9.17) is 9.47 Å². The Morgan fingerprint density at radius 1 is 1.04 bits per heavy atom. The molecule has 0 aromatic heterocycles. The highest BCUT2D eigenvalue weighted by molar-refractivity contribution is 5.97. The Morgan fingerprint density at radius 2 is 1.74 bits per heavy atom. The SMILES string of the molecule is COc1ccc(OCCC(=O)Nc2cccc(C(C)=O)c2)cc1. The van der Waals surface area contributed by atoms with Gasteiger partial charge in [-0.3, -0.25) is 9.59 Å². The zero-order chi connectivity index (χ0) is 16.7. The highest BCUT2D eigenvalue weighted by Crippen LogP contribution is 2.17. The van der Waals surface area contributed by atoms with Gasteiger partial charge < -0.3 is 14.8 Å². The maximum absolute atomic E-state index is 11.9. The second-order valence-electron chi connectivity index (χ2n) is 4.96. The number of hydrogen-bond acceptors (Lipinski definition) is 4. The van der Waals surface area contributed by atoms with E-state index in [0.717, 1.165) is 5.75 Å². The number of nitrogens with one attached hydrogen (secondary N) is 1. The van der Waals surface area contributed by atoms with Crippen LogP contribution >= 0.6 is 0 Å². The molecule has 0 aliphatic heterocycles. The summed E-state index contributed by atoms with van der Waals surface area (Å²) in [5.41, 5.74) is 1.17. The summed E-state index contributed by atoms with van der Waals surface area (Å²) in [6.45, 7) is 1.76. The minimum atomic E-state index is -0.167. The number of amides is 1. The van der Waals surface area contributed by atoms with Crippen molar-refractivity contribution in [2.45, 2.75) is 13.3 Å². The van der Waals surface area contributed by atoms with Gasteiger partial charge in [0.2, 0.25) is 5.91 Å². The second kappa shape index (κ2) is 7.98. The molecule has 2 aromatic rings. The molecule has 0 saturated carbocycles. The Kier molecular flexibility index (Phi) is 5.74. The van der Waals surface area contributed by atoms with Crippen molar-refractivity contribution in [3.05, 3.63) is 54.1 Å². The van der Waals surface area contributed by atoms with Gasteiger partial charge in [-0.15, -0.1) is 0 Å². The first-order valence-corrected chi connectivity index (χ1v) is 7.26. The maximum Gasteiger partial charge on any atom is 0.227 e. The van der Waals surface area contributed by atoms with Crippen molar-refractivity contribution >= 4 is 17.4 Å². The van der Waals surface area contributed by atoms with E-state index in [1.54, 1.807) is 55.6 Å². The Morgan fingerprint density at radius 3 is 2.39 bits per heavy atom. The lowest BCUT2D eigenvalue weighted by molar-refractivity contribution is -0.116. The zero-order valence-electron chi connectivity index (χ0n) is 13.2. The van der Waals surface area contributed by atoms with Crippen LogP contribution in [0.1, 0.15) is 23.7 Å². The van der Waals surface area contributed by atoms with Gasteiger partial charge in [0.25, 0.3) is 0 Å². The molecule has 0 unspecified atom stereocenters. The topological polar surface area (TPSA) is 64.6 Å². The van der Waals surface area contributed by atoms with Crippen LogP contribution in [-0.4, -0.2) is 25.4 Å². The minimum Gasteiger partial charge on any atom is -0.497 e. The summed E-state index contributed by atoms with van der Waals surface area (Å²) < 4.78 is 10.6. The number of benzene rings is 2. The van der Waals surface area contributed by atoms with Crippen LogP contribution in [0.5, 0.6) is 11.5 Å². The monoisotopic (exact) mass is 313 g/mol. The molecule has 1 N–H and O–H groups in total. The molecular weight excluding hydrogens is 294 g/mol. The molecule has 0 atom stereocenters. The third-order valence-electron chi connectivity index (χ3n) is 3.21. The summed E-state index contributed by atoms with van der Waals surface area (Å²) in [6, 6.07) is 14.0. The molecule has 0 aliphatic rings. The first kappa shape index (κ1) is 16.5. The summed E-state index contributed by atoms with van der Waals surface area (Å²) in [7, 11) is 1.60. The maximum atomic E-state index is 11.9. The van der Waals surface area contributed by atoms with Crippen molar-refractivity contribution < 1.29 is 19.1 Å². The first-order chi connectivity index (χ1) is 11.1. The van der Waals surface area contributed by atoms with Crippen molar-refractivity contribution in [2.24, 2.45) is 0 Å². The minimum absolute atomic E-state index is 0.0380. The van der Waals surface area contributed by atoms with E-state index in [0.29, 0.717) is 17.0 Å². The smallest absolute Gasteiger partial charge is 0.227 e. The molecule has 23 heavy (non-hydrogen) atoms. The number of anilines is 1. The van der Waals surface area contributed by atoms with Crippen molar-refractivity contribution in [3.63, 3.8) is 0 Å². The molecule has 0 heterocycles. The highest BCUT2D eigenvalue weighted by Gasteiger charge is 2.05. The Bertz CT molecular complexity index is 680. The lowest BCUT2D eigenvalue weighted by atomic mass is 10.1. The standard InChI is InChI=1S/C18H19NO4/c1-13(20)14-4-3-5-15(12-14)19-18(21)10-11-23-17-8-6-16(22-2)7-9-17/h3-9,12H,10-11H2,1-2H3,(H,19,21). The van der Waals surface area contributed by atoms with E-state index in [1.165, 1.54) is 6.92 Å². The number of carbonyl (C=O) groups excluding carboxylic acids is 2. The number of Topliss-reactive ketones (excluding diaryl/α,β-unsaturated/α-hetero) is 1. The van der Waals surface area contributed by atoms with Crippen LogP contribution in [0.2, 0.25) is 0 Å². The zero-order valence-corrected chi connectivity index (χ0v) is 13.2. The largest absolute Gasteiger partial charge is 0.497 e. The molecule has 2 rings (SSSR count). The molecule has 5 heteroatoms. The van der Waals surface area contributed by atoms with Crippen LogP contribution in [-0.2, 0) is 4.79 Å². The van der Waals surface area contributed by atoms with Gasteiger partial charge in [0, 0.05) is 11.3 Å². The first-order valence-electron chi connectivity index (χ1n) is 7.26. The molecule has 0 radical (unpaired) electrons. The molecular formula is C18H19NO4. The molecule has 0 bridgehead atoms. The number of rotatable bonds is 7. The van der Waals surface area contributed by atoms with Crippen LogP contribution < -0.4 is 14.8 Å². The molecule has 2 aromatic carbocycles. The van der Waals surface area contributed by atoms with Crippen LogP contribution in [0.15, 0.2) is 48.5 Å². The van der Waals surface area contributed by atoms with Crippen LogP contribution in [0.3, 0.4) is 0 Å². The summed E-state index contributed by atoms with van der Waals surface area (Å²) in [4.78, 5) is 23.2. The molecule has 0 aliphatic carbocycles. The van der Waals surface area contributed by atoms with Gasteiger partial charge in [-0.25, -0.2) is 0 Å². The summed E-state index contributed by atoms with van der Waals surface area (Å²) >= 11 is 0. The third-order valence-corrected chi connectivity index (χ3v) is 3.21. The average Bonchev–Trinajstić information content (AvgIpc) is 2.55. The van der Waals surface area contributed by atoms with E-state index in [9.17, 15) is 9.59 Å². The fourth-order valence-corrected chi connectivity index (χ4v) is 1.97. The molecule has 120 valence electrons. The lowest BCUT2D eigenvalue weighted by Gasteiger charge is -2.08. The van der Waals surface area contributed by atoms with Crippen LogP contribution in [0.25, 0.3) is 0 Å². The second-order valence-corrected chi connectivity index (χ2v) is 4.96. The number of ketones is 1. The van der Waals surface area contributed by atoms with Gasteiger partial charge in [-0.05, 0) is 43.3 Å². The Labute approximate surface area is 135 Å². The fraction of sp³-hybridized carbons (Fsp3) is 0.222. The number of ether oxygens (including phenoxy) is 2. The van der Waals surface area contributed by atoms with Crippen LogP contribution in [0, 0.1) is 0 Å². The van der Waals surface area contributed by atoms with E-state index < -0.39 is 0 Å². The third kappa shape index (κ3) is 5.14. The molecule has 0 fully saturated rings. The average molecular weight is 313 g/mol. The van der Waals surface area contributed by atoms with Crippen LogP contribution in [0.4, 0.5) is 5.69 Å². The van der Waals surface area contributed by atoms with Gasteiger partial charge in [0.15, 0.2) is 5.78 Å². The van der Waals surface area contributed by atoms with E-state index >= 15 is 0 Å². The van der Waals surface area contributed by atoms with E-state index in [1.807, 2.05) is 0 Å². The Balaban J connectivity index is 1.80. The number of hydrogen-bond donors (Lipinski definition) is 1. The molecule has 0 spiro atoms.